The van der Waals surface area contributed by atoms with Crippen LogP contribution in [0.1, 0.15) is 20.3 Å². The van der Waals surface area contributed by atoms with Crippen LogP contribution < -0.4 is 5.32 Å². The number of hydrogen-bond acceptors (Lipinski definition) is 4. The standard InChI is InChI=1S/C14H16N4O3/c1-14(2,13(20)21)7-12(19)17-10-3-5-11(6-4-10)18-9-15-8-16-18/h3-6,8-9H,7H2,1-2H3,(H,17,19)(H,20,21). The zero-order valence-electron chi connectivity index (χ0n) is 11.8. The number of carbonyl (C=O) groups is 2. The normalized spacial score (nSPS) is 11.1. The number of anilines is 1. The molecule has 1 aromatic carbocycles. The maximum Gasteiger partial charge on any atom is 0.309 e. The molecule has 2 aromatic rings. The molecule has 0 aliphatic rings. The predicted octanol–water partition coefficient (Wildman–Crippen LogP) is 1.71. The van der Waals surface area contributed by atoms with Gasteiger partial charge >= 0.3 is 5.97 Å². The van der Waals surface area contributed by atoms with Gasteiger partial charge < -0.3 is 10.4 Å². The number of carbonyl (C=O) groups excluding carboxylic acids is 1. The lowest BCUT2D eigenvalue weighted by Crippen LogP contribution is -2.29. The van der Waals surface area contributed by atoms with E-state index in [1.54, 1.807) is 35.3 Å². The van der Waals surface area contributed by atoms with Gasteiger partial charge in [0.2, 0.25) is 5.91 Å². The number of hydrogen-bond donors (Lipinski definition) is 2. The second-order valence-electron chi connectivity index (χ2n) is 5.30. The molecule has 0 radical (unpaired) electrons. The lowest BCUT2D eigenvalue weighted by atomic mass is 9.89. The maximum absolute atomic E-state index is 11.8. The molecule has 7 nitrogen and oxygen atoms in total. The lowest BCUT2D eigenvalue weighted by Gasteiger charge is -2.18. The van der Waals surface area contributed by atoms with Crippen LogP contribution in [0, 0.1) is 5.41 Å². The van der Waals surface area contributed by atoms with Crippen LogP contribution in [0.25, 0.3) is 5.69 Å². The fraction of sp³-hybridized carbons (Fsp3) is 0.286. The molecule has 7 heteroatoms. The first-order valence-electron chi connectivity index (χ1n) is 6.37. The molecule has 2 N–H and O–H groups in total. The number of amides is 1. The number of rotatable bonds is 5. The van der Waals surface area contributed by atoms with Gasteiger partial charge in [-0.2, -0.15) is 5.10 Å². The smallest absolute Gasteiger partial charge is 0.309 e. The van der Waals surface area contributed by atoms with Gasteiger partial charge in [-0.05, 0) is 38.1 Å². The fourth-order valence-electron chi connectivity index (χ4n) is 1.72. The van der Waals surface area contributed by atoms with Crippen molar-refractivity contribution in [2.24, 2.45) is 5.41 Å². The van der Waals surface area contributed by atoms with Crippen LogP contribution >= 0.6 is 0 Å². The van der Waals surface area contributed by atoms with Gasteiger partial charge in [-0.1, -0.05) is 0 Å². The minimum atomic E-state index is -1.09. The van der Waals surface area contributed by atoms with E-state index in [9.17, 15) is 9.59 Å². The topological polar surface area (TPSA) is 97.1 Å². The fourth-order valence-corrected chi connectivity index (χ4v) is 1.72. The first-order valence-corrected chi connectivity index (χ1v) is 6.37. The minimum absolute atomic E-state index is 0.0901. The van der Waals surface area contributed by atoms with Gasteiger partial charge in [0.1, 0.15) is 12.7 Å². The third kappa shape index (κ3) is 3.65. The first-order chi connectivity index (χ1) is 9.88. The van der Waals surface area contributed by atoms with Crippen molar-refractivity contribution in [3.8, 4) is 5.69 Å². The minimum Gasteiger partial charge on any atom is -0.481 e. The Morgan fingerprint density at radius 1 is 1.29 bits per heavy atom. The molecule has 0 fully saturated rings. The summed E-state index contributed by atoms with van der Waals surface area (Å²) in [5.41, 5.74) is 0.325. The van der Waals surface area contributed by atoms with E-state index in [0.29, 0.717) is 5.69 Å². The highest BCUT2D eigenvalue weighted by Crippen LogP contribution is 2.21. The Hall–Kier alpha value is -2.70. The van der Waals surface area contributed by atoms with Gasteiger partial charge in [0.25, 0.3) is 0 Å². The van der Waals surface area contributed by atoms with Crippen molar-refractivity contribution in [3.05, 3.63) is 36.9 Å². The average Bonchev–Trinajstić information content (AvgIpc) is 2.92. The Balaban J connectivity index is 2.01. The van der Waals surface area contributed by atoms with Crippen LogP contribution in [-0.2, 0) is 9.59 Å². The highest BCUT2D eigenvalue weighted by atomic mass is 16.4. The van der Waals surface area contributed by atoms with Crippen molar-refractivity contribution in [3.63, 3.8) is 0 Å². The molecule has 0 spiro atoms. The molecule has 0 aliphatic heterocycles. The van der Waals surface area contributed by atoms with Gasteiger partial charge in [0.05, 0.1) is 11.1 Å². The van der Waals surface area contributed by atoms with E-state index in [4.69, 9.17) is 5.11 Å². The highest BCUT2D eigenvalue weighted by molar-refractivity contribution is 5.94. The number of nitrogens with zero attached hydrogens (tertiary/aromatic N) is 3. The molecule has 0 bridgehead atoms. The summed E-state index contributed by atoms with van der Waals surface area (Å²) >= 11 is 0. The molecule has 0 atom stereocenters. The largest absolute Gasteiger partial charge is 0.481 e. The van der Waals surface area contributed by atoms with Crippen LogP contribution in [-0.4, -0.2) is 31.7 Å². The zero-order valence-corrected chi connectivity index (χ0v) is 11.8. The second kappa shape index (κ2) is 5.74. The molecule has 0 aliphatic carbocycles. The summed E-state index contributed by atoms with van der Waals surface area (Å²) in [5, 5.41) is 15.7. The Morgan fingerprint density at radius 3 is 2.48 bits per heavy atom. The molecule has 110 valence electrons. The van der Waals surface area contributed by atoms with Crippen LogP contribution in [0.4, 0.5) is 5.69 Å². The van der Waals surface area contributed by atoms with Gasteiger partial charge in [-0.3, -0.25) is 9.59 Å². The van der Waals surface area contributed by atoms with E-state index in [-0.39, 0.29) is 12.3 Å². The quantitative estimate of drug-likeness (QED) is 0.872. The third-order valence-corrected chi connectivity index (χ3v) is 3.02. The van der Waals surface area contributed by atoms with Crippen LogP contribution in [0.2, 0.25) is 0 Å². The first kappa shape index (κ1) is 14.7. The summed E-state index contributed by atoms with van der Waals surface area (Å²) in [5.74, 6) is -1.34. The van der Waals surface area contributed by atoms with Crippen molar-refractivity contribution in [2.75, 3.05) is 5.32 Å². The molecule has 0 saturated carbocycles. The monoisotopic (exact) mass is 288 g/mol. The molecule has 2 rings (SSSR count). The lowest BCUT2D eigenvalue weighted by molar-refractivity contribution is -0.148. The van der Waals surface area contributed by atoms with E-state index >= 15 is 0 Å². The number of nitrogens with one attached hydrogen (secondary N) is 1. The summed E-state index contributed by atoms with van der Waals surface area (Å²) in [6, 6.07) is 7.02. The predicted molar refractivity (Wildman–Crippen MR) is 76.0 cm³/mol. The van der Waals surface area contributed by atoms with Gasteiger partial charge in [0, 0.05) is 12.1 Å². The number of benzene rings is 1. The third-order valence-electron chi connectivity index (χ3n) is 3.02. The van der Waals surface area contributed by atoms with E-state index in [2.05, 4.69) is 15.4 Å². The number of aromatic nitrogens is 3. The van der Waals surface area contributed by atoms with Crippen molar-refractivity contribution in [2.45, 2.75) is 20.3 Å². The molecule has 1 heterocycles. The zero-order chi connectivity index (χ0) is 15.5. The van der Waals surface area contributed by atoms with Crippen LogP contribution in [0.3, 0.4) is 0 Å². The average molecular weight is 288 g/mol. The van der Waals surface area contributed by atoms with E-state index in [1.165, 1.54) is 20.2 Å². The molecule has 1 aromatic heterocycles. The van der Waals surface area contributed by atoms with Crippen molar-refractivity contribution in [1.29, 1.82) is 0 Å². The molecular formula is C14H16N4O3. The highest BCUT2D eigenvalue weighted by Gasteiger charge is 2.30. The number of carboxylic acids is 1. The van der Waals surface area contributed by atoms with E-state index in [1.807, 2.05) is 0 Å². The molecular weight excluding hydrogens is 272 g/mol. The SMILES string of the molecule is CC(C)(CC(=O)Nc1ccc(-n2cncn2)cc1)C(=O)O. The van der Waals surface area contributed by atoms with Gasteiger partial charge in [-0.15, -0.1) is 0 Å². The van der Waals surface area contributed by atoms with Crippen molar-refractivity contribution >= 4 is 17.6 Å². The Labute approximate surface area is 121 Å². The van der Waals surface area contributed by atoms with E-state index in [0.717, 1.165) is 5.69 Å². The van der Waals surface area contributed by atoms with E-state index < -0.39 is 11.4 Å². The Bertz CT molecular complexity index is 633. The Morgan fingerprint density at radius 2 is 1.95 bits per heavy atom. The van der Waals surface area contributed by atoms with Crippen molar-refractivity contribution < 1.29 is 14.7 Å². The number of carboxylic acid groups (broad SMARTS) is 1. The van der Waals surface area contributed by atoms with Gasteiger partial charge in [-0.25, -0.2) is 9.67 Å². The number of aliphatic carboxylic acids is 1. The van der Waals surface area contributed by atoms with Crippen LogP contribution in [0.15, 0.2) is 36.9 Å². The summed E-state index contributed by atoms with van der Waals surface area (Å²) in [6.45, 7) is 3.03. The maximum atomic E-state index is 11.8. The van der Waals surface area contributed by atoms with Crippen LogP contribution in [0.5, 0.6) is 0 Å². The Kier molecular flexibility index (Phi) is 4.02. The summed E-state index contributed by atoms with van der Waals surface area (Å²) in [7, 11) is 0. The molecule has 0 saturated heterocycles. The summed E-state index contributed by atoms with van der Waals surface area (Å²) in [6.07, 6.45) is 2.92. The molecule has 1 amide bonds. The summed E-state index contributed by atoms with van der Waals surface area (Å²) < 4.78 is 1.60. The molecule has 21 heavy (non-hydrogen) atoms. The summed E-state index contributed by atoms with van der Waals surface area (Å²) in [4.78, 5) is 26.7. The van der Waals surface area contributed by atoms with Gasteiger partial charge in [0.15, 0.2) is 0 Å². The molecule has 0 unspecified atom stereocenters. The second-order valence-corrected chi connectivity index (χ2v) is 5.30. The van der Waals surface area contributed by atoms with Crippen molar-refractivity contribution in [1.82, 2.24) is 14.8 Å².